The zero-order valence-corrected chi connectivity index (χ0v) is 19.4. The number of carbonyl (C=O) groups excluding carboxylic acids is 3. The highest BCUT2D eigenvalue weighted by Gasteiger charge is 2.37. The summed E-state index contributed by atoms with van der Waals surface area (Å²) < 4.78 is 5.39. The zero-order chi connectivity index (χ0) is 23.1. The van der Waals surface area contributed by atoms with Gasteiger partial charge in [0.05, 0.1) is 29.0 Å². The smallest absolute Gasteiger partial charge is 0.338 e. The second kappa shape index (κ2) is 11.1. The second-order valence-corrected chi connectivity index (χ2v) is 8.59. The first-order valence-electron chi connectivity index (χ1n) is 11.7. The maximum atomic E-state index is 13.0. The van der Waals surface area contributed by atoms with E-state index in [-0.39, 0.29) is 11.5 Å². The zero-order valence-electron chi connectivity index (χ0n) is 19.4. The Bertz CT molecular complexity index is 995. The molecular formula is C27H33NO4. The molecule has 0 bridgehead atoms. The summed E-state index contributed by atoms with van der Waals surface area (Å²) in [6, 6.07) is 10.1. The van der Waals surface area contributed by atoms with E-state index >= 15 is 0 Å². The van der Waals surface area contributed by atoms with Crippen molar-refractivity contribution in [1.82, 2.24) is 0 Å². The summed E-state index contributed by atoms with van der Waals surface area (Å²) in [6.45, 7) is 6.50. The Kier molecular flexibility index (Phi) is 8.20. The number of esters is 1. The van der Waals surface area contributed by atoms with Gasteiger partial charge in [-0.05, 0) is 61.7 Å². The monoisotopic (exact) mass is 435 g/mol. The molecule has 0 radical (unpaired) electrons. The minimum absolute atomic E-state index is 0.245. The molecule has 0 N–H and O–H groups in total. The van der Waals surface area contributed by atoms with Crippen LogP contribution in [0.15, 0.2) is 36.4 Å². The molecule has 2 aromatic carbocycles. The molecule has 1 aliphatic heterocycles. The van der Waals surface area contributed by atoms with E-state index < -0.39 is 11.9 Å². The molecule has 0 fully saturated rings. The number of amides is 2. The fraction of sp³-hybridized carbons (Fsp3) is 0.444. The second-order valence-electron chi connectivity index (χ2n) is 8.59. The highest BCUT2D eigenvalue weighted by Crippen LogP contribution is 2.30. The molecular weight excluding hydrogens is 402 g/mol. The third-order valence-corrected chi connectivity index (χ3v) is 6.10. The summed E-state index contributed by atoms with van der Waals surface area (Å²) in [4.78, 5) is 39.4. The lowest BCUT2D eigenvalue weighted by atomic mass is 10.1. The van der Waals surface area contributed by atoms with Gasteiger partial charge >= 0.3 is 5.97 Å². The van der Waals surface area contributed by atoms with Crippen molar-refractivity contribution >= 4 is 23.5 Å². The van der Waals surface area contributed by atoms with Gasteiger partial charge in [0.15, 0.2) is 0 Å². The van der Waals surface area contributed by atoms with Gasteiger partial charge in [0.25, 0.3) is 11.8 Å². The molecule has 5 nitrogen and oxygen atoms in total. The molecule has 0 aliphatic carbocycles. The lowest BCUT2D eigenvalue weighted by Crippen LogP contribution is -2.29. The van der Waals surface area contributed by atoms with Gasteiger partial charge in [-0.1, -0.05) is 57.9 Å². The number of anilines is 1. The van der Waals surface area contributed by atoms with Crippen LogP contribution in [0.5, 0.6) is 0 Å². The Morgan fingerprint density at radius 1 is 0.781 bits per heavy atom. The first-order valence-corrected chi connectivity index (χ1v) is 11.7. The van der Waals surface area contributed by atoms with Crippen LogP contribution < -0.4 is 4.90 Å². The van der Waals surface area contributed by atoms with Crippen molar-refractivity contribution in [3.05, 3.63) is 64.2 Å². The van der Waals surface area contributed by atoms with E-state index in [1.807, 2.05) is 26.0 Å². The predicted molar refractivity (Wildman–Crippen MR) is 126 cm³/mol. The van der Waals surface area contributed by atoms with Gasteiger partial charge in [0, 0.05) is 0 Å². The number of hydrogen-bond donors (Lipinski definition) is 0. The average molecular weight is 436 g/mol. The van der Waals surface area contributed by atoms with Gasteiger partial charge < -0.3 is 4.74 Å². The van der Waals surface area contributed by atoms with E-state index in [1.54, 1.807) is 18.2 Å². The molecule has 1 aliphatic rings. The van der Waals surface area contributed by atoms with Crippen molar-refractivity contribution in [1.29, 1.82) is 0 Å². The SMILES string of the molecule is CCCCCCCCCCOC(=O)c1ccc2c(c1)C(=O)N(c1ccc(C)c(C)c1)C2=O. The van der Waals surface area contributed by atoms with E-state index in [2.05, 4.69) is 6.92 Å². The Balaban J connectivity index is 1.56. The van der Waals surface area contributed by atoms with E-state index in [4.69, 9.17) is 4.74 Å². The van der Waals surface area contributed by atoms with Crippen LogP contribution in [-0.2, 0) is 4.74 Å². The van der Waals surface area contributed by atoms with E-state index in [1.165, 1.54) is 43.1 Å². The minimum atomic E-state index is -0.458. The molecule has 5 heteroatoms. The quantitative estimate of drug-likeness (QED) is 0.233. The van der Waals surface area contributed by atoms with E-state index in [0.29, 0.717) is 23.4 Å². The average Bonchev–Trinajstić information content (AvgIpc) is 3.04. The summed E-state index contributed by atoms with van der Waals surface area (Å²) >= 11 is 0. The van der Waals surface area contributed by atoms with Crippen LogP contribution in [-0.4, -0.2) is 24.4 Å². The fourth-order valence-electron chi connectivity index (χ4n) is 3.95. The van der Waals surface area contributed by atoms with Crippen LogP contribution >= 0.6 is 0 Å². The number of carbonyl (C=O) groups is 3. The first-order chi connectivity index (χ1) is 15.4. The topological polar surface area (TPSA) is 63.7 Å². The molecule has 0 aromatic heterocycles. The van der Waals surface area contributed by atoms with Crippen molar-refractivity contribution in [3.63, 3.8) is 0 Å². The number of hydrogen-bond acceptors (Lipinski definition) is 4. The van der Waals surface area contributed by atoms with Crippen molar-refractivity contribution in [2.24, 2.45) is 0 Å². The van der Waals surface area contributed by atoms with Gasteiger partial charge in [-0.15, -0.1) is 0 Å². The van der Waals surface area contributed by atoms with Crippen molar-refractivity contribution in [2.75, 3.05) is 11.5 Å². The molecule has 0 spiro atoms. The Morgan fingerprint density at radius 3 is 2.12 bits per heavy atom. The number of unbranched alkanes of at least 4 members (excludes halogenated alkanes) is 7. The number of fused-ring (bicyclic) bond motifs is 1. The van der Waals surface area contributed by atoms with Crippen molar-refractivity contribution in [3.8, 4) is 0 Å². The van der Waals surface area contributed by atoms with Crippen molar-refractivity contribution in [2.45, 2.75) is 72.1 Å². The maximum Gasteiger partial charge on any atom is 0.338 e. The van der Waals surface area contributed by atoms with Gasteiger partial charge in [0.1, 0.15) is 0 Å². The molecule has 0 unspecified atom stereocenters. The number of imide groups is 1. The highest BCUT2D eigenvalue weighted by atomic mass is 16.5. The molecule has 1 heterocycles. The van der Waals surface area contributed by atoms with Crippen LogP contribution in [0.2, 0.25) is 0 Å². The summed E-state index contributed by atoms with van der Waals surface area (Å²) in [5.74, 6) is -1.24. The van der Waals surface area contributed by atoms with Crippen molar-refractivity contribution < 1.29 is 19.1 Å². The van der Waals surface area contributed by atoms with Crippen LogP contribution in [0, 0.1) is 13.8 Å². The van der Waals surface area contributed by atoms with E-state index in [9.17, 15) is 14.4 Å². The third-order valence-electron chi connectivity index (χ3n) is 6.10. The van der Waals surface area contributed by atoms with Gasteiger partial charge in [0.2, 0.25) is 0 Å². The van der Waals surface area contributed by atoms with Gasteiger partial charge in [-0.3, -0.25) is 9.59 Å². The molecule has 170 valence electrons. The molecule has 0 atom stereocenters. The minimum Gasteiger partial charge on any atom is -0.462 e. The summed E-state index contributed by atoms with van der Waals surface area (Å²) in [5.41, 5.74) is 3.49. The summed E-state index contributed by atoms with van der Waals surface area (Å²) in [6.07, 6.45) is 9.39. The summed E-state index contributed by atoms with van der Waals surface area (Å²) in [5, 5.41) is 0. The van der Waals surface area contributed by atoms with Crippen LogP contribution in [0.25, 0.3) is 0 Å². The fourth-order valence-corrected chi connectivity index (χ4v) is 3.95. The molecule has 2 amide bonds. The van der Waals surface area contributed by atoms with Crippen LogP contribution in [0.4, 0.5) is 5.69 Å². The normalized spacial score (nSPS) is 12.9. The number of nitrogens with zero attached hydrogens (tertiary/aromatic N) is 1. The predicted octanol–water partition coefficient (Wildman–Crippen LogP) is 6.40. The number of benzene rings is 2. The summed E-state index contributed by atoms with van der Waals surface area (Å²) in [7, 11) is 0. The molecule has 3 rings (SSSR count). The number of rotatable bonds is 11. The van der Waals surface area contributed by atoms with Gasteiger partial charge in [-0.25, -0.2) is 9.69 Å². The maximum absolute atomic E-state index is 13.0. The Hall–Kier alpha value is -2.95. The first kappa shape index (κ1) is 23.7. The molecule has 2 aromatic rings. The van der Waals surface area contributed by atoms with Crippen LogP contribution in [0.1, 0.15) is 100 Å². The third kappa shape index (κ3) is 5.45. The number of aryl methyl sites for hydroxylation is 2. The highest BCUT2D eigenvalue weighted by molar-refractivity contribution is 6.34. The standard InChI is InChI=1S/C27H33NO4/c1-4-5-6-7-8-9-10-11-16-32-27(31)21-13-15-23-24(18-21)26(30)28(25(23)29)22-14-12-19(2)20(3)17-22/h12-15,17-18H,4-11,16H2,1-3H3. The van der Waals surface area contributed by atoms with Gasteiger partial charge in [-0.2, -0.15) is 0 Å². The number of ether oxygens (including phenoxy) is 1. The van der Waals surface area contributed by atoms with E-state index in [0.717, 1.165) is 30.4 Å². The lowest BCUT2D eigenvalue weighted by molar-refractivity contribution is 0.0497. The lowest BCUT2D eigenvalue weighted by Gasteiger charge is -2.15. The van der Waals surface area contributed by atoms with Crippen LogP contribution in [0.3, 0.4) is 0 Å². The molecule has 0 saturated heterocycles. The Labute approximate surface area is 190 Å². The largest absolute Gasteiger partial charge is 0.462 e. The molecule has 0 saturated carbocycles. The molecule has 32 heavy (non-hydrogen) atoms. The Morgan fingerprint density at radius 2 is 1.44 bits per heavy atom.